The Bertz CT molecular complexity index is 787. The highest BCUT2D eigenvalue weighted by Crippen LogP contribution is 2.20. The zero-order chi connectivity index (χ0) is 16.8. The van der Waals surface area contributed by atoms with Crippen molar-refractivity contribution in [2.45, 2.75) is 19.6 Å². The van der Waals surface area contributed by atoms with Crippen molar-refractivity contribution >= 4 is 0 Å². The topological polar surface area (TPSA) is 45.1 Å². The Hall–Kier alpha value is -2.49. The van der Waals surface area contributed by atoms with Crippen LogP contribution in [0.4, 0.5) is 0 Å². The molecule has 3 rings (SSSR count). The van der Waals surface area contributed by atoms with Gasteiger partial charge in [0.05, 0.1) is 6.10 Å². The molecule has 0 saturated heterocycles. The van der Waals surface area contributed by atoms with Gasteiger partial charge in [0.25, 0.3) is 0 Å². The maximum atomic E-state index is 10.3. The van der Waals surface area contributed by atoms with E-state index in [0.717, 1.165) is 28.8 Å². The monoisotopic (exact) mass is 318 g/mol. The molecule has 0 aliphatic carbocycles. The van der Waals surface area contributed by atoms with Gasteiger partial charge in [0, 0.05) is 25.5 Å². The van der Waals surface area contributed by atoms with Gasteiger partial charge in [0.1, 0.15) is 0 Å². The number of rotatable bonds is 6. The molecule has 0 amide bonds. The van der Waals surface area contributed by atoms with Crippen LogP contribution in [0.25, 0.3) is 11.1 Å². The number of pyridine rings is 1. The Labute approximate surface area is 143 Å². The Kier molecular flexibility index (Phi) is 5.36. The average Bonchev–Trinajstić information content (AvgIpc) is 2.63. The summed E-state index contributed by atoms with van der Waals surface area (Å²) in [4.78, 5) is 4.17. The van der Waals surface area contributed by atoms with Crippen molar-refractivity contribution in [3.05, 3.63) is 89.7 Å². The van der Waals surface area contributed by atoms with Gasteiger partial charge in [-0.2, -0.15) is 0 Å². The van der Waals surface area contributed by atoms with Crippen LogP contribution in [0.1, 0.15) is 22.8 Å². The molecule has 3 aromatic rings. The summed E-state index contributed by atoms with van der Waals surface area (Å²) in [5, 5.41) is 13.7. The molecule has 24 heavy (non-hydrogen) atoms. The number of nitrogens with one attached hydrogen (secondary N) is 1. The van der Waals surface area contributed by atoms with E-state index >= 15 is 0 Å². The first-order valence-corrected chi connectivity index (χ1v) is 8.17. The van der Waals surface area contributed by atoms with Crippen LogP contribution in [0.15, 0.2) is 73.1 Å². The number of aromatic nitrogens is 1. The molecular weight excluding hydrogens is 296 g/mol. The molecule has 0 bridgehead atoms. The van der Waals surface area contributed by atoms with Crippen LogP contribution in [-0.4, -0.2) is 16.6 Å². The first-order chi connectivity index (χ1) is 11.7. The molecule has 1 unspecified atom stereocenters. The van der Waals surface area contributed by atoms with Gasteiger partial charge in [-0.25, -0.2) is 0 Å². The van der Waals surface area contributed by atoms with Gasteiger partial charge in [-0.1, -0.05) is 48.5 Å². The molecular formula is C21H22N2O. The third-order valence-corrected chi connectivity index (χ3v) is 4.14. The molecule has 2 N–H and O–H groups in total. The Morgan fingerprint density at radius 2 is 1.83 bits per heavy atom. The summed E-state index contributed by atoms with van der Waals surface area (Å²) in [6.07, 6.45) is 3.16. The fourth-order valence-electron chi connectivity index (χ4n) is 2.82. The van der Waals surface area contributed by atoms with Crippen molar-refractivity contribution in [2.24, 2.45) is 0 Å². The lowest BCUT2D eigenvalue weighted by atomic mass is 10.0. The number of benzene rings is 2. The Balaban J connectivity index is 1.60. The van der Waals surface area contributed by atoms with Crippen LogP contribution in [0.3, 0.4) is 0 Å². The second kappa shape index (κ2) is 7.86. The lowest BCUT2D eigenvalue weighted by molar-refractivity contribution is 0.173. The van der Waals surface area contributed by atoms with E-state index in [1.165, 1.54) is 5.56 Å². The van der Waals surface area contributed by atoms with Crippen molar-refractivity contribution in [2.75, 3.05) is 6.54 Å². The number of aliphatic hydroxyl groups excluding tert-OH is 1. The lowest BCUT2D eigenvalue weighted by Crippen LogP contribution is -2.21. The first-order valence-electron chi connectivity index (χ1n) is 8.17. The minimum Gasteiger partial charge on any atom is -0.387 e. The van der Waals surface area contributed by atoms with E-state index in [0.29, 0.717) is 6.54 Å². The molecule has 1 heterocycles. The minimum absolute atomic E-state index is 0.493. The predicted molar refractivity (Wildman–Crippen MR) is 97.5 cm³/mol. The van der Waals surface area contributed by atoms with Crippen molar-refractivity contribution in [1.82, 2.24) is 10.3 Å². The standard InChI is InChI=1S/C21H22N2O/c1-16-6-2-3-10-20(16)21(24)15-23-13-17-7-4-8-18(12-17)19-9-5-11-22-14-19/h2-12,14,21,23-24H,13,15H2,1H3. The lowest BCUT2D eigenvalue weighted by Gasteiger charge is -2.15. The van der Waals surface area contributed by atoms with Crippen LogP contribution in [0.5, 0.6) is 0 Å². The van der Waals surface area contributed by atoms with Crippen molar-refractivity contribution in [3.8, 4) is 11.1 Å². The van der Waals surface area contributed by atoms with Gasteiger partial charge in [-0.3, -0.25) is 4.98 Å². The van der Waals surface area contributed by atoms with Crippen LogP contribution in [-0.2, 0) is 6.54 Å². The normalized spacial score (nSPS) is 12.1. The molecule has 0 spiro atoms. The van der Waals surface area contributed by atoms with Crippen LogP contribution in [0.2, 0.25) is 0 Å². The summed E-state index contributed by atoms with van der Waals surface area (Å²) in [6.45, 7) is 3.27. The van der Waals surface area contributed by atoms with E-state index in [9.17, 15) is 5.11 Å². The molecule has 2 aromatic carbocycles. The molecule has 122 valence electrons. The van der Waals surface area contributed by atoms with Crippen LogP contribution >= 0.6 is 0 Å². The fraction of sp³-hybridized carbons (Fsp3) is 0.190. The quantitative estimate of drug-likeness (QED) is 0.725. The first kappa shape index (κ1) is 16.4. The molecule has 1 aromatic heterocycles. The number of hydrogen-bond acceptors (Lipinski definition) is 3. The van der Waals surface area contributed by atoms with E-state index in [-0.39, 0.29) is 0 Å². The highest BCUT2D eigenvalue weighted by atomic mass is 16.3. The average molecular weight is 318 g/mol. The summed E-state index contributed by atoms with van der Waals surface area (Å²) in [5.74, 6) is 0. The third kappa shape index (κ3) is 4.07. The number of aliphatic hydroxyl groups is 1. The van der Waals surface area contributed by atoms with Gasteiger partial charge in [0.2, 0.25) is 0 Å². The van der Waals surface area contributed by atoms with Crippen molar-refractivity contribution in [3.63, 3.8) is 0 Å². The van der Waals surface area contributed by atoms with E-state index in [4.69, 9.17) is 0 Å². The highest BCUT2D eigenvalue weighted by molar-refractivity contribution is 5.62. The van der Waals surface area contributed by atoms with Gasteiger partial charge < -0.3 is 10.4 Å². The van der Waals surface area contributed by atoms with E-state index in [1.807, 2.05) is 43.5 Å². The summed E-state index contributed by atoms with van der Waals surface area (Å²) in [7, 11) is 0. The maximum Gasteiger partial charge on any atom is 0.0917 e. The van der Waals surface area contributed by atoms with Crippen molar-refractivity contribution < 1.29 is 5.11 Å². The zero-order valence-electron chi connectivity index (χ0n) is 13.8. The molecule has 0 fully saturated rings. The molecule has 0 aliphatic rings. The number of hydrogen-bond donors (Lipinski definition) is 2. The molecule has 0 radical (unpaired) electrons. The number of aryl methyl sites for hydroxylation is 1. The summed E-state index contributed by atoms with van der Waals surface area (Å²) < 4.78 is 0. The van der Waals surface area contributed by atoms with Gasteiger partial charge in [-0.15, -0.1) is 0 Å². The summed E-state index contributed by atoms with van der Waals surface area (Å²) in [5.41, 5.74) is 5.55. The molecule has 3 heteroatoms. The van der Waals surface area contributed by atoms with Crippen LogP contribution < -0.4 is 5.32 Å². The molecule has 3 nitrogen and oxygen atoms in total. The number of nitrogens with zero attached hydrogens (tertiary/aromatic N) is 1. The molecule has 0 saturated carbocycles. The molecule has 1 atom stereocenters. The second-order valence-electron chi connectivity index (χ2n) is 5.95. The predicted octanol–water partition coefficient (Wildman–Crippen LogP) is 3.88. The van der Waals surface area contributed by atoms with E-state index < -0.39 is 6.10 Å². The van der Waals surface area contributed by atoms with Crippen molar-refractivity contribution in [1.29, 1.82) is 0 Å². The minimum atomic E-state index is -0.493. The van der Waals surface area contributed by atoms with Gasteiger partial charge in [-0.05, 0) is 46.9 Å². The largest absolute Gasteiger partial charge is 0.387 e. The SMILES string of the molecule is Cc1ccccc1C(O)CNCc1cccc(-c2cccnc2)c1. The van der Waals surface area contributed by atoms with E-state index in [2.05, 4.69) is 40.6 Å². The van der Waals surface area contributed by atoms with Gasteiger partial charge >= 0.3 is 0 Å². The zero-order valence-corrected chi connectivity index (χ0v) is 13.8. The smallest absolute Gasteiger partial charge is 0.0917 e. The third-order valence-electron chi connectivity index (χ3n) is 4.14. The second-order valence-corrected chi connectivity index (χ2v) is 5.95. The summed E-state index contributed by atoms with van der Waals surface area (Å²) >= 11 is 0. The Morgan fingerprint density at radius 1 is 1.00 bits per heavy atom. The highest BCUT2D eigenvalue weighted by Gasteiger charge is 2.09. The van der Waals surface area contributed by atoms with E-state index in [1.54, 1.807) is 6.20 Å². The maximum absolute atomic E-state index is 10.3. The van der Waals surface area contributed by atoms with Crippen LogP contribution in [0, 0.1) is 6.92 Å². The summed E-state index contributed by atoms with van der Waals surface area (Å²) in [6, 6.07) is 20.3. The van der Waals surface area contributed by atoms with Gasteiger partial charge in [0.15, 0.2) is 0 Å². The fourth-order valence-corrected chi connectivity index (χ4v) is 2.82. The molecule has 0 aliphatic heterocycles. The Morgan fingerprint density at radius 3 is 2.62 bits per heavy atom.